The van der Waals surface area contributed by atoms with Gasteiger partial charge in [-0.1, -0.05) is 6.08 Å². The molecule has 0 saturated heterocycles. The Balaban J connectivity index is 1.59. The van der Waals surface area contributed by atoms with E-state index < -0.39 is 0 Å². The molecule has 1 fully saturated rings. The van der Waals surface area contributed by atoms with Gasteiger partial charge in [0.1, 0.15) is 0 Å². The molecule has 0 atom stereocenters. The molecule has 2 aromatic rings. The highest BCUT2D eigenvalue weighted by atomic mass is 16.5. The number of nitrogens with two attached hydrogens (primary N) is 1. The molecule has 4 rings (SSSR count). The van der Waals surface area contributed by atoms with Crippen molar-refractivity contribution in [3.05, 3.63) is 41.2 Å². The maximum absolute atomic E-state index is 5.68. The Bertz CT molecular complexity index is 933. The topological polar surface area (TPSA) is 108 Å². The van der Waals surface area contributed by atoms with E-state index in [2.05, 4.69) is 26.4 Å². The third-order valence-electron chi connectivity index (χ3n) is 5.75. The minimum atomic E-state index is 0.359. The van der Waals surface area contributed by atoms with Gasteiger partial charge in [-0.25, -0.2) is 15.0 Å². The van der Waals surface area contributed by atoms with Crippen molar-refractivity contribution in [3.8, 4) is 5.88 Å². The van der Waals surface area contributed by atoms with E-state index in [-0.39, 0.29) is 0 Å². The van der Waals surface area contributed by atoms with Crippen molar-refractivity contribution in [2.24, 2.45) is 10.7 Å². The molecular weight excluding hydrogens is 380 g/mol. The Morgan fingerprint density at radius 2 is 2.00 bits per heavy atom. The van der Waals surface area contributed by atoms with Gasteiger partial charge in [0.05, 0.1) is 30.8 Å². The molecule has 1 saturated carbocycles. The van der Waals surface area contributed by atoms with Gasteiger partial charge in [-0.3, -0.25) is 0 Å². The van der Waals surface area contributed by atoms with Gasteiger partial charge in [0, 0.05) is 24.9 Å². The first kappa shape index (κ1) is 20.3. The summed E-state index contributed by atoms with van der Waals surface area (Å²) in [6.07, 6.45) is 11.6. The van der Waals surface area contributed by atoms with E-state index in [0.717, 1.165) is 60.9 Å². The monoisotopic (exact) mass is 408 g/mol. The van der Waals surface area contributed by atoms with Crippen molar-refractivity contribution in [2.45, 2.75) is 50.7 Å². The maximum atomic E-state index is 5.68. The van der Waals surface area contributed by atoms with Crippen LogP contribution in [0.25, 0.3) is 5.57 Å². The molecule has 0 radical (unpaired) electrons. The van der Waals surface area contributed by atoms with E-state index in [1.807, 2.05) is 12.1 Å². The number of hydrogen-bond donors (Lipinski definition) is 2. The maximum Gasteiger partial charge on any atom is 0.226 e. The number of pyridine rings is 1. The molecule has 158 valence electrons. The molecule has 0 bridgehead atoms. The second-order valence-corrected chi connectivity index (χ2v) is 7.57. The highest BCUT2D eigenvalue weighted by Crippen LogP contribution is 2.37. The van der Waals surface area contributed by atoms with Crippen LogP contribution in [0, 0.1) is 0 Å². The summed E-state index contributed by atoms with van der Waals surface area (Å²) in [6.45, 7) is 0. The Morgan fingerprint density at radius 1 is 1.17 bits per heavy atom. The summed E-state index contributed by atoms with van der Waals surface area (Å²) >= 11 is 0. The number of anilines is 1. The van der Waals surface area contributed by atoms with E-state index in [1.54, 1.807) is 20.4 Å². The number of allylic oxidation sites excluding steroid dienone is 1. The number of aromatic nitrogens is 3. The van der Waals surface area contributed by atoms with Crippen molar-refractivity contribution in [2.75, 3.05) is 19.5 Å². The first-order valence-corrected chi connectivity index (χ1v) is 10.4. The van der Waals surface area contributed by atoms with Crippen LogP contribution in [0.4, 0.5) is 11.8 Å². The fourth-order valence-corrected chi connectivity index (χ4v) is 4.19. The van der Waals surface area contributed by atoms with Crippen LogP contribution in [0.2, 0.25) is 0 Å². The Hall–Kier alpha value is -3.00. The quantitative estimate of drug-likeness (QED) is 0.558. The average molecular weight is 409 g/mol. The molecule has 0 aromatic carbocycles. The van der Waals surface area contributed by atoms with Crippen molar-refractivity contribution < 1.29 is 9.47 Å². The molecule has 8 heteroatoms. The lowest BCUT2D eigenvalue weighted by Gasteiger charge is -2.28. The summed E-state index contributed by atoms with van der Waals surface area (Å²) in [4.78, 5) is 17.9. The third-order valence-corrected chi connectivity index (χ3v) is 5.75. The zero-order valence-corrected chi connectivity index (χ0v) is 17.5. The van der Waals surface area contributed by atoms with Crippen molar-refractivity contribution >= 4 is 23.7 Å². The number of aryl methyl sites for hydroxylation is 1. The standard InChI is InChI=1S/C22H28N6O2/c1-29-16-9-7-15(8-10-16)26-22-27-18-5-3-4-17(20(18)21(28-22)30-2)14-6-11-19(24-12-14)25-13-23/h4,6,11-13,15-16H,3,5,7-10H2,1-2H3,(H2,23,24,25)(H,26,27,28). The SMILES string of the molecule is COc1nc(NC2CCC(OC)CC2)nc2c1C(c1ccc(N=CN)nc1)=CCC2. The van der Waals surface area contributed by atoms with Crippen LogP contribution in [-0.4, -0.2) is 47.7 Å². The Morgan fingerprint density at radius 3 is 2.67 bits per heavy atom. The molecule has 30 heavy (non-hydrogen) atoms. The lowest BCUT2D eigenvalue weighted by atomic mass is 9.91. The molecule has 3 N–H and O–H groups in total. The van der Waals surface area contributed by atoms with E-state index in [1.165, 1.54) is 6.34 Å². The van der Waals surface area contributed by atoms with E-state index >= 15 is 0 Å². The van der Waals surface area contributed by atoms with Gasteiger partial charge in [0.15, 0.2) is 5.82 Å². The normalized spacial score (nSPS) is 21.2. The number of nitrogens with zero attached hydrogens (tertiary/aromatic N) is 4. The van der Waals surface area contributed by atoms with Crippen LogP contribution < -0.4 is 15.8 Å². The number of nitrogens with one attached hydrogen (secondary N) is 1. The third kappa shape index (κ3) is 4.28. The summed E-state index contributed by atoms with van der Waals surface area (Å²) in [6, 6.07) is 4.18. The first-order chi connectivity index (χ1) is 14.7. The van der Waals surface area contributed by atoms with Crippen LogP contribution in [0.5, 0.6) is 5.88 Å². The van der Waals surface area contributed by atoms with Gasteiger partial charge in [-0.05, 0) is 56.2 Å². The fraction of sp³-hybridized carbons (Fsp3) is 0.455. The number of fused-ring (bicyclic) bond motifs is 1. The van der Waals surface area contributed by atoms with Crippen LogP contribution >= 0.6 is 0 Å². The van der Waals surface area contributed by atoms with Gasteiger partial charge in [-0.15, -0.1) is 0 Å². The second kappa shape index (κ2) is 9.21. The lowest BCUT2D eigenvalue weighted by Crippen LogP contribution is -2.30. The minimum Gasteiger partial charge on any atom is -0.480 e. The van der Waals surface area contributed by atoms with Gasteiger partial charge in [-0.2, -0.15) is 4.98 Å². The molecule has 0 spiro atoms. The van der Waals surface area contributed by atoms with Crippen molar-refractivity contribution in [1.29, 1.82) is 0 Å². The molecule has 2 heterocycles. The van der Waals surface area contributed by atoms with Crippen LogP contribution in [0.3, 0.4) is 0 Å². The predicted molar refractivity (Wildman–Crippen MR) is 117 cm³/mol. The summed E-state index contributed by atoms with van der Waals surface area (Å²) in [5, 5.41) is 3.51. The number of aliphatic imine (C=N–C) groups is 1. The zero-order valence-electron chi connectivity index (χ0n) is 17.5. The molecule has 2 aliphatic rings. The summed E-state index contributed by atoms with van der Waals surface area (Å²) in [5.74, 6) is 1.80. The van der Waals surface area contributed by atoms with Crippen molar-refractivity contribution in [1.82, 2.24) is 15.0 Å². The molecule has 0 unspecified atom stereocenters. The van der Waals surface area contributed by atoms with Crippen molar-refractivity contribution in [3.63, 3.8) is 0 Å². The Labute approximate surface area is 176 Å². The predicted octanol–water partition coefficient (Wildman–Crippen LogP) is 3.25. The number of rotatable bonds is 6. The fourth-order valence-electron chi connectivity index (χ4n) is 4.19. The van der Waals surface area contributed by atoms with Crippen LogP contribution in [0.1, 0.15) is 48.9 Å². The Kier molecular flexibility index (Phi) is 6.23. The number of ether oxygens (including phenoxy) is 2. The lowest BCUT2D eigenvalue weighted by molar-refractivity contribution is 0.0681. The van der Waals surface area contributed by atoms with Crippen LogP contribution in [0.15, 0.2) is 29.4 Å². The summed E-state index contributed by atoms with van der Waals surface area (Å²) < 4.78 is 11.1. The van der Waals surface area contributed by atoms with E-state index in [0.29, 0.717) is 29.8 Å². The largest absolute Gasteiger partial charge is 0.480 e. The summed E-state index contributed by atoms with van der Waals surface area (Å²) in [7, 11) is 3.44. The molecule has 0 aliphatic heterocycles. The van der Waals surface area contributed by atoms with Gasteiger partial charge < -0.3 is 20.5 Å². The zero-order chi connectivity index (χ0) is 20.9. The van der Waals surface area contributed by atoms with E-state index in [4.69, 9.17) is 20.2 Å². The first-order valence-electron chi connectivity index (χ1n) is 10.4. The van der Waals surface area contributed by atoms with E-state index in [9.17, 15) is 0 Å². The molecule has 2 aliphatic carbocycles. The molecule has 2 aromatic heterocycles. The van der Waals surface area contributed by atoms with Gasteiger partial charge in [0.2, 0.25) is 11.8 Å². The smallest absolute Gasteiger partial charge is 0.226 e. The number of methoxy groups -OCH3 is 2. The van der Waals surface area contributed by atoms with Crippen LogP contribution in [-0.2, 0) is 11.2 Å². The molecule has 0 amide bonds. The summed E-state index contributed by atoms with van der Waals surface area (Å²) in [5.41, 5.74) is 9.30. The highest BCUT2D eigenvalue weighted by molar-refractivity contribution is 5.84. The molecular formula is C22H28N6O2. The van der Waals surface area contributed by atoms with Gasteiger partial charge >= 0.3 is 0 Å². The van der Waals surface area contributed by atoms with Gasteiger partial charge in [0.25, 0.3) is 0 Å². The second-order valence-electron chi connectivity index (χ2n) is 7.57. The highest BCUT2D eigenvalue weighted by Gasteiger charge is 2.25. The number of hydrogen-bond acceptors (Lipinski definition) is 7. The minimum absolute atomic E-state index is 0.359. The average Bonchev–Trinajstić information content (AvgIpc) is 2.79. The molecule has 8 nitrogen and oxygen atoms in total.